The molecule has 1 aromatic heterocycles. The maximum absolute atomic E-state index is 12.4. The summed E-state index contributed by atoms with van der Waals surface area (Å²) in [6, 6.07) is 14.3. The summed E-state index contributed by atoms with van der Waals surface area (Å²) in [7, 11) is 0. The van der Waals surface area contributed by atoms with Crippen molar-refractivity contribution in [1.82, 2.24) is 20.6 Å². The second-order valence-corrected chi connectivity index (χ2v) is 6.11. The van der Waals surface area contributed by atoms with E-state index in [4.69, 9.17) is 0 Å². The van der Waals surface area contributed by atoms with Crippen molar-refractivity contribution in [3.05, 3.63) is 53.0 Å². The Morgan fingerprint density at radius 1 is 1.17 bits per heavy atom. The Hall–Kier alpha value is -2.26. The van der Waals surface area contributed by atoms with E-state index in [0.717, 1.165) is 4.47 Å². The monoisotopic (exact) mass is 436 g/mol. The number of benzene rings is 2. The number of carbonyl (C=O) groups is 1. The lowest BCUT2D eigenvalue weighted by molar-refractivity contribution is 0.260. The summed E-state index contributed by atoms with van der Waals surface area (Å²) in [5, 5.41) is 16.5. The first-order valence-corrected chi connectivity index (χ1v) is 8.01. The van der Waals surface area contributed by atoms with Gasteiger partial charge in [-0.05, 0) is 40.8 Å². The molecule has 3 aromatic rings. The lowest BCUT2D eigenvalue weighted by Crippen LogP contribution is -2.26. The van der Waals surface area contributed by atoms with Crippen LogP contribution in [0.1, 0.15) is 0 Å². The molecule has 0 radical (unpaired) electrons. The highest BCUT2D eigenvalue weighted by atomic mass is 79.9. The summed E-state index contributed by atoms with van der Waals surface area (Å²) >= 11 is 6.66. The van der Waals surface area contributed by atoms with Gasteiger partial charge in [-0.3, -0.25) is 0 Å². The zero-order chi connectivity index (χ0) is 16.2. The van der Waals surface area contributed by atoms with Crippen LogP contribution in [-0.2, 0) is 0 Å². The quantitative estimate of drug-likeness (QED) is 0.606. The zero-order valence-electron chi connectivity index (χ0n) is 11.6. The molecule has 0 aliphatic heterocycles. The van der Waals surface area contributed by atoms with Crippen LogP contribution in [0.5, 0.6) is 0 Å². The van der Waals surface area contributed by atoms with Crippen molar-refractivity contribution in [3.63, 3.8) is 0 Å². The largest absolute Gasteiger partial charge is 0.336 e. The minimum absolute atomic E-state index is 0.341. The molecule has 7 nitrogen and oxygen atoms in total. The third-order valence-corrected chi connectivity index (χ3v) is 4.21. The number of carbonyl (C=O) groups excluding carboxylic acids is 1. The molecule has 2 aromatic carbocycles. The molecule has 0 saturated heterocycles. The highest BCUT2D eigenvalue weighted by Gasteiger charge is 2.16. The summed E-state index contributed by atoms with van der Waals surface area (Å²) in [5.74, 6) is 0.461. The van der Waals surface area contributed by atoms with Crippen molar-refractivity contribution in [1.29, 1.82) is 0 Å². The predicted octanol–water partition coefficient (Wildman–Crippen LogP) is 3.98. The summed E-state index contributed by atoms with van der Waals surface area (Å²) in [4.78, 5) is 12.4. The third kappa shape index (κ3) is 3.57. The van der Waals surface area contributed by atoms with Crippen molar-refractivity contribution >= 4 is 49.5 Å². The number of amides is 2. The van der Waals surface area contributed by atoms with Gasteiger partial charge in [0.15, 0.2) is 5.82 Å². The Balaban J connectivity index is 1.87. The number of aromatic nitrogens is 4. The second kappa shape index (κ2) is 6.88. The first kappa shape index (κ1) is 15.6. The van der Waals surface area contributed by atoms with Gasteiger partial charge in [0, 0.05) is 10.0 Å². The van der Waals surface area contributed by atoms with Gasteiger partial charge in [0.25, 0.3) is 0 Å². The minimum atomic E-state index is -0.341. The van der Waals surface area contributed by atoms with Crippen LogP contribution in [0.15, 0.2) is 53.0 Å². The highest BCUT2D eigenvalue weighted by Crippen LogP contribution is 2.29. The number of halogens is 2. The number of hydrogen-bond acceptors (Lipinski definition) is 4. The fourth-order valence-corrected chi connectivity index (χ4v) is 2.62. The number of H-pyrrole nitrogens is 1. The van der Waals surface area contributed by atoms with E-state index in [1.807, 2.05) is 42.5 Å². The molecular formula is C14H10Br2N6O. The SMILES string of the molecule is O=C(Nc1ccc(Br)cc1-c1nnn[nH]1)N(Br)c1ccccc1. The smallest absolute Gasteiger partial charge is 0.306 e. The molecule has 0 bridgehead atoms. The molecule has 0 saturated carbocycles. The van der Waals surface area contributed by atoms with E-state index >= 15 is 0 Å². The van der Waals surface area contributed by atoms with Crippen molar-refractivity contribution < 1.29 is 4.79 Å². The van der Waals surface area contributed by atoms with Gasteiger partial charge in [-0.2, -0.15) is 0 Å². The van der Waals surface area contributed by atoms with Crippen LogP contribution < -0.4 is 9.24 Å². The van der Waals surface area contributed by atoms with Crippen LogP contribution in [0.3, 0.4) is 0 Å². The minimum Gasteiger partial charge on any atom is -0.306 e. The van der Waals surface area contributed by atoms with E-state index in [2.05, 4.69) is 58.0 Å². The Morgan fingerprint density at radius 2 is 1.96 bits per heavy atom. The van der Waals surface area contributed by atoms with Crippen LogP contribution in [0, 0.1) is 0 Å². The van der Waals surface area contributed by atoms with Crippen molar-refractivity contribution in [2.75, 3.05) is 9.24 Å². The molecule has 116 valence electrons. The van der Waals surface area contributed by atoms with E-state index in [1.54, 1.807) is 6.07 Å². The lowest BCUT2D eigenvalue weighted by Gasteiger charge is -2.16. The molecule has 2 N–H and O–H groups in total. The third-order valence-electron chi connectivity index (χ3n) is 2.98. The van der Waals surface area contributed by atoms with Gasteiger partial charge < -0.3 is 5.32 Å². The molecule has 0 spiro atoms. The average molecular weight is 438 g/mol. The van der Waals surface area contributed by atoms with Crippen molar-refractivity contribution in [3.8, 4) is 11.4 Å². The van der Waals surface area contributed by atoms with E-state index in [9.17, 15) is 4.79 Å². The summed E-state index contributed by atoms with van der Waals surface area (Å²) < 4.78 is 2.19. The van der Waals surface area contributed by atoms with Crippen LogP contribution in [0.25, 0.3) is 11.4 Å². The molecule has 0 aliphatic rings. The number of hydrogen-bond donors (Lipinski definition) is 2. The first-order chi connectivity index (χ1) is 11.1. The van der Waals surface area contributed by atoms with Gasteiger partial charge in [0.05, 0.1) is 27.5 Å². The predicted molar refractivity (Wildman–Crippen MR) is 94.2 cm³/mol. The highest BCUT2D eigenvalue weighted by molar-refractivity contribution is 9.10. The number of tetrazole rings is 1. The Kier molecular flexibility index (Phi) is 4.68. The number of para-hydroxylation sites is 1. The maximum Gasteiger partial charge on any atom is 0.336 e. The van der Waals surface area contributed by atoms with Crippen LogP contribution in [0.4, 0.5) is 16.2 Å². The fraction of sp³-hybridized carbons (Fsp3) is 0. The maximum atomic E-state index is 12.4. The molecule has 9 heteroatoms. The van der Waals surface area contributed by atoms with Crippen LogP contribution in [0.2, 0.25) is 0 Å². The molecule has 3 rings (SSSR count). The summed E-state index contributed by atoms with van der Waals surface area (Å²) in [6.45, 7) is 0. The van der Waals surface area contributed by atoms with Gasteiger partial charge in [-0.25, -0.2) is 13.8 Å². The number of nitrogens with one attached hydrogen (secondary N) is 2. The van der Waals surface area contributed by atoms with Gasteiger partial charge in [0.1, 0.15) is 0 Å². The molecule has 23 heavy (non-hydrogen) atoms. The molecule has 0 aliphatic carbocycles. The lowest BCUT2D eigenvalue weighted by atomic mass is 10.1. The second-order valence-electron chi connectivity index (χ2n) is 4.49. The van der Waals surface area contributed by atoms with Gasteiger partial charge in [-0.15, -0.1) is 5.10 Å². The van der Waals surface area contributed by atoms with Gasteiger partial charge in [0.2, 0.25) is 0 Å². The molecule has 0 unspecified atom stereocenters. The van der Waals surface area contributed by atoms with E-state index in [1.165, 1.54) is 3.93 Å². The Labute approximate surface area is 148 Å². The van der Waals surface area contributed by atoms with Crippen molar-refractivity contribution in [2.45, 2.75) is 0 Å². The van der Waals surface area contributed by atoms with E-state index in [0.29, 0.717) is 22.8 Å². The average Bonchev–Trinajstić information content (AvgIpc) is 3.11. The van der Waals surface area contributed by atoms with E-state index in [-0.39, 0.29) is 6.03 Å². The summed E-state index contributed by atoms with van der Waals surface area (Å²) in [5.41, 5.74) is 1.97. The first-order valence-electron chi connectivity index (χ1n) is 6.51. The Morgan fingerprint density at radius 3 is 2.65 bits per heavy atom. The number of urea groups is 1. The molecular weight excluding hydrogens is 428 g/mol. The van der Waals surface area contributed by atoms with Gasteiger partial charge in [-0.1, -0.05) is 34.1 Å². The zero-order valence-corrected chi connectivity index (χ0v) is 14.7. The van der Waals surface area contributed by atoms with Crippen molar-refractivity contribution in [2.24, 2.45) is 0 Å². The topological polar surface area (TPSA) is 86.8 Å². The molecule has 0 fully saturated rings. The van der Waals surface area contributed by atoms with Crippen LogP contribution in [-0.4, -0.2) is 26.7 Å². The molecule has 1 heterocycles. The summed E-state index contributed by atoms with van der Waals surface area (Å²) in [6.07, 6.45) is 0. The Bertz CT molecular complexity index is 809. The number of nitrogens with zero attached hydrogens (tertiary/aromatic N) is 4. The number of rotatable bonds is 3. The van der Waals surface area contributed by atoms with E-state index < -0.39 is 0 Å². The molecule has 0 atom stereocenters. The number of anilines is 2. The fourth-order valence-electron chi connectivity index (χ4n) is 1.94. The standard InChI is InChI=1S/C14H10Br2N6O/c15-9-6-7-12(11(8-9)13-18-20-21-19-13)17-14(23)22(16)10-4-2-1-3-5-10/h1-8H,(H,17,23)(H,18,19,20,21). The molecule has 2 amide bonds. The normalized spacial score (nSPS) is 10.3. The van der Waals surface area contributed by atoms with Crippen LogP contribution >= 0.6 is 32.1 Å². The number of aromatic amines is 1. The van der Waals surface area contributed by atoms with Gasteiger partial charge >= 0.3 is 6.03 Å².